The number of hydrogen-bond donors (Lipinski definition) is 0. The average molecular weight is 216 g/mol. The van der Waals surface area contributed by atoms with Gasteiger partial charge >= 0.3 is 5.95 Å². The zero-order chi connectivity index (χ0) is 11.2. The van der Waals surface area contributed by atoms with Gasteiger partial charge in [0.25, 0.3) is 6.39 Å². The maximum atomic E-state index is 5.51. The summed E-state index contributed by atoms with van der Waals surface area (Å²) in [5.41, 5.74) is 1.70. The molecular weight excluding hydrogens is 202 g/mol. The quantitative estimate of drug-likeness (QED) is 0.719. The van der Waals surface area contributed by atoms with Crippen molar-refractivity contribution in [1.29, 1.82) is 0 Å². The average Bonchev–Trinajstić information content (AvgIpc) is 2.79. The SMILES string of the molecule is CCCCOc1o[c]nc1-c1ccccc1. The van der Waals surface area contributed by atoms with Crippen molar-refractivity contribution in [3.63, 3.8) is 0 Å². The number of nitrogens with zero attached hydrogens (tertiary/aromatic N) is 1. The van der Waals surface area contributed by atoms with Gasteiger partial charge in [0.15, 0.2) is 5.69 Å². The van der Waals surface area contributed by atoms with Crippen molar-refractivity contribution < 1.29 is 9.15 Å². The van der Waals surface area contributed by atoms with Crippen molar-refractivity contribution in [3.05, 3.63) is 36.7 Å². The fourth-order valence-corrected chi connectivity index (χ4v) is 1.39. The summed E-state index contributed by atoms with van der Waals surface area (Å²) < 4.78 is 10.6. The highest BCUT2D eigenvalue weighted by molar-refractivity contribution is 5.62. The van der Waals surface area contributed by atoms with Crippen LogP contribution in [-0.4, -0.2) is 11.6 Å². The van der Waals surface area contributed by atoms with Crippen LogP contribution in [-0.2, 0) is 0 Å². The van der Waals surface area contributed by atoms with Crippen molar-refractivity contribution in [2.45, 2.75) is 19.8 Å². The second kappa shape index (κ2) is 5.35. The molecule has 0 atom stereocenters. The zero-order valence-corrected chi connectivity index (χ0v) is 9.27. The van der Waals surface area contributed by atoms with Crippen LogP contribution >= 0.6 is 0 Å². The molecule has 0 aliphatic rings. The molecule has 3 heteroatoms. The first-order valence-corrected chi connectivity index (χ1v) is 5.47. The molecule has 0 saturated carbocycles. The Kier molecular flexibility index (Phi) is 3.59. The van der Waals surface area contributed by atoms with Crippen molar-refractivity contribution in [2.75, 3.05) is 6.61 Å². The first kappa shape index (κ1) is 10.7. The Bertz CT molecular complexity index is 423. The van der Waals surface area contributed by atoms with Gasteiger partial charge in [0.1, 0.15) is 0 Å². The van der Waals surface area contributed by atoms with Crippen LogP contribution in [0.1, 0.15) is 19.8 Å². The number of hydrogen-bond acceptors (Lipinski definition) is 3. The van der Waals surface area contributed by atoms with Gasteiger partial charge in [-0.25, -0.2) is 4.98 Å². The maximum Gasteiger partial charge on any atom is 0.314 e. The third kappa shape index (κ3) is 2.42. The number of aromatic nitrogens is 1. The van der Waals surface area contributed by atoms with E-state index in [1.807, 2.05) is 30.3 Å². The molecule has 0 spiro atoms. The summed E-state index contributed by atoms with van der Waals surface area (Å²) >= 11 is 0. The van der Waals surface area contributed by atoms with E-state index in [-0.39, 0.29) is 0 Å². The molecule has 0 amide bonds. The molecular formula is C13H14NO2. The normalized spacial score (nSPS) is 10.3. The fraction of sp³-hybridized carbons (Fsp3) is 0.308. The Morgan fingerprint density at radius 2 is 2.12 bits per heavy atom. The second-order valence-electron chi connectivity index (χ2n) is 3.51. The minimum absolute atomic E-state index is 0.458. The molecule has 1 aromatic carbocycles. The number of benzene rings is 1. The lowest BCUT2D eigenvalue weighted by Gasteiger charge is -2.03. The lowest BCUT2D eigenvalue weighted by Crippen LogP contribution is -1.96. The van der Waals surface area contributed by atoms with Crippen LogP contribution in [0.15, 0.2) is 34.7 Å². The van der Waals surface area contributed by atoms with E-state index >= 15 is 0 Å². The summed E-state index contributed by atoms with van der Waals surface area (Å²) in [6.07, 6.45) is 4.58. The van der Waals surface area contributed by atoms with Crippen LogP contribution in [0, 0.1) is 6.39 Å². The topological polar surface area (TPSA) is 35.3 Å². The van der Waals surface area contributed by atoms with Crippen molar-refractivity contribution in [2.24, 2.45) is 0 Å². The van der Waals surface area contributed by atoms with Gasteiger partial charge in [-0.3, -0.25) is 0 Å². The summed E-state index contributed by atoms with van der Waals surface area (Å²) in [6, 6.07) is 9.82. The third-order valence-corrected chi connectivity index (χ3v) is 2.27. The molecule has 0 saturated heterocycles. The van der Waals surface area contributed by atoms with Gasteiger partial charge in [-0.1, -0.05) is 43.7 Å². The minimum Gasteiger partial charge on any atom is -0.464 e. The molecule has 0 unspecified atom stereocenters. The lowest BCUT2D eigenvalue weighted by molar-refractivity contribution is 0.238. The van der Waals surface area contributed by atoms with E-state index in [0.29, 0.717) is 12.6 Å². The van der Waals surface area contributed by atoms with Gasteiger partial charge in [0, 0.05) is 5.56 Å². The molecule has 83 valence electrons. The van der Waals surface area contributed by atoms with Gasteiger partial charge < -0.3 is 9.15 Å². The number of rotatable bonds is 5. The Morgan fingerprint density at radius 3 is 2.88 bits per heavy atom. The Morgan fingerprint density at radius 1 is 1.31 bits per heavy atom. The Balaban J connectivity index is 2.13. The Hall–Kier alpha value is -1.77. The van der Waals surface area contributed by atoms with Gasteiger partial charge in [-0.2, -0.15) is 0 Å². The summed E-state index contributed by atoms with van der Waals surface area (Å²) in [5.74, 6) is 0.458. The van der Waals surface area contributed by atoms with Crippen LogP contribution < -0.4 is 4.74 Å². The lowest BCUT2D eigenvalue weighted by atomic mass is 10.2. The largest absolute Gasteiger partial charge is 0.464 e. The highest BCUT2D eigenvalue weighted by Crippen LogP contribution is 2.27. The zero-order valence-electron chi connectivity index (χ0n) is 9.27. The first-order chi connectivity index (χ1) is 7.92. The third-order valence-electron chi connectivity index (χ3n) is 2.27. The Labute approximate surface area is 95.1 Å². The molecule has 0 N–H and O–H groups in total. The van der Waals surface area contributed by atoms with E-state index in [0.717, 1.165) is 24.1 Å². The van der Waals surface area contributed by atoms with Crippen molar-refractivity contribution in [1.82, 2.24) is 4.98 Å². The van der Waals surface area contributed by atoms with Gasteiger partial charge in [0.05, 0.1) is 6.61 Å². The smallest absolute Gasteiger partial charge is 0.314 e. The van der Waals surface area contributed by atoms with Gasteiger partial charge in [-0.15, -0.1) is 0 Å². The van der Waals surface area contributed by atoms with Crippen LogP contribution in [0.5, 0.6) is 5.95 Å². The summed E-state index contributed by atoms with van der Waals surface area (Å²) in [5, 5.41) is 0. The van der Waals surface area contributed by atoms with E-state index in [2.05, 4.69) is 18.3 Å². The molecule has 2 aromatic rings. The van der Waals surface area contributed by atoms with E-state index in [1.54, 1.807) is 0 Å². The molecule has 1 aromatic heterocycles. The predicted molar refractivity (Wildman–Crippen MR) is 61.2 cm³/mol. The molecule has 0 aliphatic heterocycles. The second-order valence-corrected chi connectivity index (χ2v) is 3.51. The first-order valence-electron chi connectivity index (χ1n) is 5.47. The molecule has 1 heterocycles. The molecule has 16 heavy (non-hydrogen) atoms. The summed E-state index contributed by atoms with van der Waals surface area (Å²) in [6.45, 7) is 2.77. The molecule has 1 radical (unpaired) electrons. The minimum atomic E-state index is 0.458. The monoisotopic (exact) mass is 216 g/mol. The highest BCUT2D eigenvalue weighted by atomic mass is 16.6. The van der Waals surface area contributed by atoms with Crippen LogP contribution in [0.2, 0.25) is 0 Å². The number of oxazole rings is 1. The van der Waals surface area contributed by atoms with Crippen molar-refractivity contribution >= 4 is 0 Å². The predicted octanol–water partition coefficient (Wildman–Crippen LogP) is 3.32. The number of ether oxygens (including phenoxy) is 1. The van der Waals surface area contributed by atoms with E-state index < -0.39 is 0 Å². The summed E-state index contributed by atoms with van der Waals surface area (Å²) in [4.78, 5) is 4.05. The van der Waals surface area contributed by atoms with Gasteiger partial charge in [-0.05, 0) is 6.42 Å². The summed E-state index contributed by atoms with van der Waals surface area (Å²) in [7, 11) is 0. The molecule has 0 aliphatic carbocycles. The fourth-order valence-electron chi connectivity index (χ4n) is 1.39. The maximum absolute atomic E-state index is 5.51. The standard InChI is InChI=1S/C13H14NO2/c1-2-3-9-15-13-12(14-10-16-13)11-7-5-4-6-8-11/h4-8H,2-3,9H2,1H3. The molecule has 2 rings (SSSR count). The molecule has 0 bridgehead atoms. The number of unbranched alkanes of at least 4 members (excludes halogenated alkanes) is 1. The van der Waals surface area contributed by atoms with Crippen LogP contribution in [0.25, 0.3) is 11.3 Å². The van der Waals surface area contributed by atoms with E-state index in [4.69, 9.17) is 9.15 Å². The van der Waals surface area contributed by atoms with Crippen LogP contribution in [0.3, 0.4) is 0 Å². The molecule has 3 nitrogen and oxygen atoms in total. The van der Waals surface area contributed by atoms with Crippen LogP contribution in [0.4, 0.5) is 0 Å². The van der Waals surface area contributed by atoms with Crippen molar-refractivity contribution in [3.8, 4) is 17.2 Å². The van der Waals surface area contributed by atoms with E-state index in [9.17, 15) is 0 Å². The van der Waals surface area contributed by atoms with E-state index in [1.165, 1.54) is 0 Å². The molecule has 0 fully saturated rings. The van der Waals surface area contributed by atoms with Gasteiger partial charge in [0.2, 0.25) is 0 Å². The highest BCUT2D eigenvalue weighted by Gasteiger charge is 2.11.